The van der Waals surface area contributed by atoms with E-state index in [4.69, 9.17) is 0 Å². The minimum atomic E-state index is -0.732. The first kappa shape index (κ1) is 17.7. The van der Waals surface area contributed by atoms with Crippen molar-refractivity contribution in [3.8, 4) is 11.3 Å². The predicted molar refractivity (Wildman–Crippen MR) is 95.1 cm³/mol. The smallest absolute Gasteiger partial charge is 0.225 e. The summed E-state index contributed by atoms with van der Waals surface area (Å²) in [4.78, 5) is 12.7. The van der Waals surface area contributed by atoms with E-state index in [1.165, 1.54) is 6.07 Å². The molecule has 0 saturated heterocycles. The molecule has 134 valence electrons. The Hall–Kier alpha value is -3.13. The van der Waals surface area contributed by atoms with E-state index in [9.17, 15) is 13.9 Å². The molecule has 8 heteroatoms. The van der Waals surface area contributed by atoms with E-state index in [0.717, 1.165) is 12.1 Å². The average Bonchev–Trinajstić information content (AvgIpc) is 2.65. The second-order valence-corrected chi connectivity index (χ2v) is 5.65. The van der Waals surface area contributed by atoms with E-state index < -0.39 is 11.6 Å². The molecule has 0 aliphatic rings. The second-order valence-electron chi connectivity index (χ2n) is 5.65. The Morgan fingerprint density at radius 2 is 1.88 bits per heavy atom. The molecule has 2 heterocycles. The summed E-state index contributed by atoms with van der Waals surface area (Å²) in [6, 6.07) is 8.43. The molecule has 0 spiro atoms. The van der Waals surface area contributed by atoms with Crippen LogP contribution in [0.25, 0.3) is 11.3 Å². The highest BCUT2D eigenvalue weighted by Crippen LogP contribution is 2.26. The molecule has 0 saturated carbocycles. The zero-order valence-corrected chi connectivity index (χ0v) is 13.9. The van der Waals surface area contributed by atoms with Crippen LogP contribution in [0.3, 0.4) is 0 Å². The lowest BCUT2D eigenvalue weighted by molar-refractivity contribution is 0.281. The number of benzene rings is 1. The van der Waals surface area contributed by atoms with Crippen molar-refractivity contribution in [2.24, 2.45) is 0 Å². The molecule has 1 aromatic carbocycles. The number of aliphatic hydroxyl groups is 1. The molecule has 3 aromatic rings. The van der Waals surface area contributed by atoms with Crippen LogP contribution in [-0.2, 0) is 0 Å². The van der Waals surface area contributed by atoms with Gasteiger partial charge in [0.2, 0.25) is 5.95 Å². The van der Waals surface area contributed by atoms with Crippen molar-refractivity contribution in [3.63, 3.8) is 0 Å². The van der Waals surface area contributed by atoms with Gasteiger partial charge in [0.05, 0.1) is 12.3 Å². The van der Waals surface area contributed by atoms with Crippen LogP contribution in [-0.4, -0.2) is 32.7 Å². The van der Waals surface area contributed by atoms with Crippen molar-refractivity contribution in [1.29, 1.82) is 0 Å². The van der Waals surface area contributed by atoms with Crippen LogP contribution < -0.4 is 10.6 Å². The topological polar surface area (TPSA) is 83.0 Å². The van der Waals surface area contributed by atoms with Crippen LogP contribution in [0.2, 0.25) is 0 Å². The average molecular weight is 357 g/mol. The van der Waals surface area contributed by atoms with Gasteiger partial charge in [-0.15, -0.1) is 0 Å². The van der Waals surface area contributed by atoms with Crippen molar-refractivity contribution in [2.75, 3.05) is 17.2 Å². The largest absolute Gasteiger partial charge is 0.394 e. The third-order valence-electron chi connectivity index (χ3n) is 3.55. The molecule has 2 aromatic heterocycles. The molecule has 1 atom stereocenters. The third kappa shape index (κ3) is 4.09. The molecule has 0 amide bonds. The highest BCUT2D eigenvalue weighted by Gasteiger charge is 2.13. The SMILES string of the molecule is C[C@H](CO)Nc1nc(Nc2c(F)cccc2F)cc(-c2cccnc2)n1. The summed E-state index contributed by atoms with van der Waals surface area (Å²) in [5.74, 6) is -1.04. The molecule has 3 N–H and O–H groups in total. The molecular weight excluding hydrogens is 340 g/mol. The number of hydrogen-bond acceptors (Lipinski definition) is 6. The van der Waals surface area contributed by atoms with Gasteiger partial charge in [0.1, 0.15) is 23.1 Å². The molecule has 0 radical (unpaired) electrons. The fraction of sp³-hybridized carbons (Fsp3) is 0.167. The fourth-order valence-electron chi connectivity index (χ4n) is 2.25. The highest BCUT2D eigenvalue weighted by molar-refractivity contribution is 5.67. The van der Waals surface area contributed by atoms with Crippen LogP contribution in [0.5, 0.6) is 0 Å². The number of nitrogens with one attached hydrogen (secondary N) is 2. The van der Waals surface area contributed by atoms with Crippen LogP contribution in [0.1, 0.15) is 6.92 Å². The van der Waals surface area contributed by atoms with E-state index in [1.807, 2.05) is 6.07 Å². The number of hydrogen-bond donors (Lipinski definition) is 3. The van der Waals surface area contributed by atoms with Gasteiger partial charge < -0.3 is 15.7 Å². The lowest BCUT2D eigenvalue weighted by atomic mass is 10.2. The number of pyridine rings is 1. The van der Waals surface area contributed by atoms with Gasteiger partial charge in [0.15, 0.2) is 0 Å². The number of para-hydroxylation sites is 1. The fourth-order valence-corrected chi connectivity index (χ4v) is 2.25. The minimum Gasteiger partial charge on any atom is -0.394 e. The van der Waals surface area contributed by atoms with Gasteiger partial charge in [-0.2, -0.15) is 4.98 Å². The van der Waals surface area contributed by atoms with Crippen LogP contribution >= 0.6 is 0 Å². The maximum Gasteiger partial charge on any atom is 0.225 e. The molecule has 6 nitrogen and oxygen atoms in total. The van der Waals surface area contributed by atoms with Gasteiger partial charge in [-0.05, 0) is 31.2 Å². The van der Waals surface area contributed by atoms with Crippen molar-refractivity contribution in [2.45, 2.75) is 13.0 Å². The summed E-state index contributed by atoms with van der Waals surface area (Å²) in [6.45, 7) is 1.63. The van der Waals surface area contributed by atoms with Crippen molar-refractivity contribution < 1.29 is 13.9 Å². The zero-order valence-electron chi connectivity index (χ0n) is 13.9. The molecule has 0 bridgehead atoms. The number of anilines is 3. The summed E-state index contributed by atoms with van der Waals surface area (Å²) >= 11 is 0. The second kappa shape index (κ2) is 7.83. The summed E-state index contributed by atoms with van der Waals surface area (Å²) in [6.07, 6.45) is 3.25. The maximum atomic E-state index is 13.9. The highest BCUT2D eigenvalue weighted by atomic mass is 19.1. The van der Waals surface area contributed by atoms with E-state index in [2.05, 4.69) is 25.6 Å². The van der Waals surface area contributed by atoms with Gasteiger partial charge in [0, 0.05) is 30.1 Å². The molecule has 0 aliphatic carbocycles. The Balaban J connectivity index is 2.02. The van der Waals surface area contributed by atoms with E-state index in [0.29, 0.717) is 11.3 Å². The lowest BCUT2D eigenvalue weighted by Gasteiger charge is -2.14. The Labute approximate surface area is 149 Å². The molecule has 3 rings (SSSR count). The van der Waals surface area contributed by atoms with E-state index in [-0.39, 0.29) is 30.1 Å². The molecule has 0 fully saturated rings. The first-order valence-electron chi connectivity index (χ1n) is 7.94. The monoisotopic (exact) mass is 357 g/mol. The Morgan fingerprint density at radius 1 is 1.12 bits per heavy atom. The third-order valence-corrected chi connectivity index (χ3v) is 3.55. The van der Waals surface area contributed by atoms with Crippen molar-refractivity contribution in [1.82, 2.24) is 15.0 Å². The van der Waals surface area contributed by atoms with Gasteiger partial charge in [0.25, 0.3) is 0 Å². The standard InChI is InChI=1S/C18H17F2N5O/c1-11(10-26)22-18-23-15(12-4-3-7-21-9-12)8-16(25-18)24-17-13(19)5-2-6-14(17)20/h2-9,11,26H,10H2,1H3,(H2,22,23,24,25)/t11-/m1/s1. The molecule has 0 aliphatic heterocycles. The van der Waals surface area contributed by atoms with Gasteiger partial charge in [-0.1, -0.05) is 6.07 Å². The lowest BCUT2D eigenvalue weighted by Crippen LogP contribution is -2.21. The quantitative estimate of drug-likeness (QED) is 0.628. The number of aromatic nitrogens is 3. The Bertz CT molecular complexity index is 872. The summed E-state index contributed by atoms with van der Waals surface area (Å²) in [5.41, 5.74) is 0.927. The molecule has 26 heavy (non-hydrogen) atoms. The first-order chi connectivity index (χ1) is 12.6. The Morgan fingerprint density at radius 3 is 2.54 bits per heavy atom. The van der Waals surface area contributed by atoms with Crippen molar-refractivity contribution >= 4 is 17.5 Å². The van der Waals surface area contributed by atoms with E-state index >= 15 is 0 Å². The molecular formula is C18H17F2N5O. The Kier molecular flexibility index (Phi) is 5.33. The van der Waals surface area contributed by atoms with Crippen molar-refractivity contribution in [3.05, 3.63) is 60.4 Å². The predicted octanol–water partition coefficient (Wildman–Crippen LogP) is 3.35. The number of nitrogens with zero attached hydrogens (tertiary/aromatic N) is 3. The summed E-state index contributed by atoms with van der Waals surface area (Å²) in [5, 5.41) is 14.8. The number of rotatable bonds is 6. The van der Waals surface area contributed by atoms with Crippen LogP contribution in [0, 0.1) is 11.6 Å². The van der Waals surface area contributed by atoms with Gasteiger partial charge in [-0.25, -0.2) is 13.8 Å². The first-order valence-corrected chi connectivity index (χ1v) is 7.94. The zero-order chi connectivity index (χ0) is 18.5. The maximum absolute atomic E-state index is 13.9. The summed E-state index contributed by atoms with van der Waals surface area (Å²) < 4.78 is 27.8. The normalized spacial score (nSPS) is 11.8. The van der Waals surface area contributed by atoms with Gasteiger partial charge >= 0.3 is 0 Å². The molecule has 0 unspecified atom stereocenters. The summed E-state index contributed by atoms with van der Waals surface area (Å²) in [7, 11) is 0. The minimum absolute atomic E-state index is 0.120. The van der Waals surface area contributed by atoms with Crippen LogP contribution in [0.15, 0.2) is 48.8 Å². The van der Waals surface area contributed by atoms with Gasteiger partial charge in [-0.3, -0.25) is 4.98 Å². The number of halogens is 2. The number of aliphatic hydroxyl groups excluding tert-OH is 1. The van der Waals surface area contributed by atoms with E-state index in [1.54, 1.807) is 31.5 Å². The van der Waals surface area contributed by atoms with Crippen LogP contribution in [0.4, 0.5) is 26.2 Å².